The predicted octanol–water partition coefficient (Wildman–Crippen LogP) is 8.04. The van der Waals surface area contributed by atoms with Crippen molar-refractivity contribution < 1.29 is 26.9 Å². The van der Waals surface area contributed by atoms with Crippen LogP contribution in [0.2, 0.25) is 0 Å². The van der Waals surface area contributed by atoms with Crippen molar-refractivity contribution in [2.45, 2.75) is 66.1 Å². The topological polar surface area (TPSA) is 68.3 Å². The summed E-state index contributed by atoms with van der Waals surface area (Å²) in [4.78, 5) is 12.3. The van der Waals surface area contributed by atoms with E-state index in [1.807, 2.05) is 52.0 Å². The quantitative estimate of drug-likeness (QED) is 0.272. The Morgan fingerprint density at radius 3 is 2.38 bits per heavy atom. The van der Waals surface area contributed by atoms with Crippen molar-refractivity contribution in [1.29, 1.82) is 0 Å². The molecule has 0 spiro atoms. The molecule has 0 saturated heterocycles. The minimum absolute atomic E-state index is 0.0580. The van der Waals surface area contributed by atoms with Gasteiger partial charge in [0.1, 0.15) is 17.1 Å². The average molecular weight is 513 g/mol. The zero-order valence-corrected chi connectivity index (χ0v) is 21.8. The highest BCUT2D eigenvalue weighted by Crippen LogP contribution is 2.43. The van der Waals surface area contributed by atoms with Crippen LogP contribution in [0.25, 0.3) is 22.3 Å². The lowest BCUT2D eigenvalue weighted by molar-refractivity contribution is -0.139. The van der Waals surface area contributed by atoms with Gasteiger partial charge in [-0.25, -0.2) is 0 Å². The highest BCUT2D eigenvalue weighted by atomic mass is 19.4. The Labute approximate surface area is 214 Å². The number of carbonyl (C=O) groups excluding carboxylic acids is 1. The number of nitrogens with one attached hydrogen (secondary N) is 1. The average Bonchev–Trinajstić information content (AvgIpc) is 3.36. The Kier molecular flexibility index (Phi) is 7.22. The molecule has 37 heavy (non-hydrogen) atoms. The van der Waals surface area contributed by atoms with Gasteiger partial charge in [-0.15, -0.1) is 0 Å². The Bertz CT molecular complexity index is 1410. The minimum atomic E-state index is -4.56. The van der Waals surface area contributed by atoms with E-state index in [4.69, 9.17) is 8.94 Å². The molecular formula is C29H31F3N2O3. The molecule has 1 N–H and O–H groups in total. The molecule has 0 radical (unpaired) electrons. The summed E-state index contributed by atoms with van der Waals surface area (Å²) in [6.45, 7) is 10.6. The molecule has 5 nitrogen and oxygen atoms in total. The van der Waals surface area contributed by atoms with Crippen LogP contribution in [0.3, 0.4) is 0 Å². The first-order chi connectivity index (χ1) is 17.3. The van der Waals surface area contributed by atoms with E-state index >= 15 is 0 Å². The lowest BCUT2D eigenvalue weighted by Gasteiger charge is -2.32. The lowest BCUT2D eigenvalue weighted by atomic mass is 9.79. The molecule has 0 aliphatic heterocycles. The molecule has 2 aromatic carbocycles. The number of fused-ring (bicyclic) bond motifs is 1. The number of aryl methyl sites for hydroxylation is 3. The summed E-state index contributed by atoms with van der Waals surface area (Å²) in [5, 5.41) is 7.64. The molecule has 0 bridgehead atoms. The van der Waals surface area contributed by atoms with Crippen molar-refractivity contribution in [2.24, 2.45) is 5.92 Å². The molecule has 1 amide bonds. The number of amides is 1. The van der Waals surface area contributed by atoms with E-state index in [0.29, 0.717) is 34.8 Å². The number of benzene rings is 2. The first kappa shape index (κ1) is 26.5. The normalized spacial score (nSPS) is 13.8. The molecule has 0 aliphatic carbocycles. The van der Waals surface area contributed by atoms with Gasteiger partial charge in [-0.3, -0.25) is 4.79 Å². The third-order valence-electron chi connectivity index (χ3n) is 6.58. The Hall–Kier alpha value is -3.55. The second-order valence-corrected chi connectivity index (χ2v) is 10.1. The first-order valence-electron chi connectivity index (χ1n) is 12.3. The van der Waals surface area contributed by atoms with Crippen molar-refractivity contribution in [3.05, 3.63) is 76.2 Å². The highest BCUT2D eigenvalue weighted by molar-refractivity contribution is 5.84. The second kappa shape index (κ2) is 10.1. The number of hydrogen-bond acceptors (Lipinski definition) is 4. The van der Waals surface area contributed by atoms with Crippen LogP contribution in [0.5, 0.6) is 0 Å². The van der Waals surface area contributed by atoms with E-state index in [1.54, 1.807) is 13.0 Å². The summed E-state index contributed by atoms with van der Waals surface area (Å²) in [6.07, 6.45) is -3.99. The van der Waals surface area contributed by atoms with E-state index in [9.17, 15) is 18.0 Å². The number of halogens is 3. The zero-order valence-electron chi connectivity index (χ0n) is 21.8. The van der Waals surface area contributed by atoms with E-state index in [2.05, 4.69) is 10.5 Å². The van der Waals surface area contributed by atoms with Gasteiger partial charge in [-0.1, -0.05) is 42.8 Å². The molecule has 0 saturated carbocycles. The molecule has 2 unspecified atom stereocenters. The largest absolute Gasteiger partial charge is 0.456 e. The van der Waals surface area contributed by atoms with Crippen LogP contribution >= 0.6 is 0 Å². The number of carbonyl (C=O) groups is 1. The molecule has 2 aromatic heterocycles. The van der Waals surface area contributed by atoms with Gasteiger partial charge in [0.25, 0.3) is 0 Å². The Morgan fingerprint density at radius 2 is 1.78 bits per heavy atom. The fourth-order valence-corrected chi connectivity index (χ4v) is 5.02. The van der Waals surface area contributed by atoms with Crippen LogP contribution in [-0.4, -0.2) is 11.1 Å². The van der Waals surface area contributed by atoms with Gasteiger partial charge in [0.2, 0.25) is 5.91 Å². The Balaban J connectivity index is 1.86. The molecule has 0 aliphatic rings. The van der Waals surface area contributed by atoms with Gasteiger partial charge < -0.3 is 14.3 Å². The van der Waals surface area contributed by atoms with E-state index in [0.717, 1.165) is 22.6 Å². The third kappa shape index (κ3) is 5.58. The highest BCUT2D eigenvalue weighted by Gasteiger charge is 2.38. The maximum atomic E-state index is 14.1. The van der Waals surface area contributed by atoms with E-state index < -0.39 is 29.6 Å². The summed E-state index contributed by atoms with van der Waals surface area (Å²) < 4.78 is 53.7. The van der Waals surface area contributed by atoms with Crippen LogP contribution in [-0.2, 0) is 11.0 Å². The number of furan rings is 1. The van der Waals surface area contributed by atoms with Crippen LogP contribution < -0.4 is 5.32 Å². The molecule has 4 rings (SSSR count). The van der Waals surface area contributed by atoms with Gasteiger partial charge in [-0.2, -0.15) is 13.2 Å². The van der Waals surface area contributed by atoms with Crippen molar-refractivity contribution in [2.75, 3.05) is 0 Å². The predicted molar refractivity (Wildman–Crippen MR) is 136 cm³/mol. The van der Waals surface area contributed by atoms with Gasteiger partial charge in [0, 0.05) is 18.2 Å². The SMILES string of the molecule is CC(=O)NC(c1ccc(C)cc1C(F)(F)F)C(CC(C)C)c1ccc2oc(-c3c(C)noc3C)cc2c1. The zero-order chi connectivity index (χ0) is 27.1. The number of aromatic nitrogens is 1. The summed E-state index contributed by atoms with van der Waals surface area (Å²) in [5.74, 6) is 0.616. The van der Waals surface area contributed by atoms with Crippen LogP contribution in [0.15, 0.2) is 51.4 Å². The van der Waals surface area contributed by atoms with Gasteiger partial charge >= 0.3 is 6.18 Å². The van der Waals surface area contributed by atoms with Gasteiger partial charge in [0.15, 0.2) is 0 Å². The lowest BCUT2D eigenvalue weighted by Crippen LogP contribution is -2.33. The summed E-state index contributed by atoms with van der Waals surface area (Å²) in [7, 11) is 0. The molecule has 2 atom stereocenters. The maximum Gasteiger partial charge on any atom is 0.416 e. The first-order valence-corrected chi connectivity index (χ1v) is 12.3. The summed E-state index contributed by atoms with van der Waals surface area (Å²) in [5.41, 5.74) is 2.78. The molecule has 8 heteroatoms. The molecule has 0 fully saturated rings. The molecule has 4 aromatic rings. The number of nitrogens with zero attached hydrogens (tertiary/aromatic N) is 1. The fraction of sp³-hybridized carbons (Fsp3) is 0.379. The smallest absolute Gasteiger partial charge is 0.416 e. The number of alkyl halides is 3. The molecular weight excluding hydrogens is 481 g/mol. The van der Waals surface area contributed by atoms with Crippen LogP contribution in [0, 0.1) is 26.7 Å². The van der Waals surface area contributed by atoms with Crippen molar-refractivity contribution in [3.8, 4) is 11.3 Å². The molecule has 196 valence electrons. The third-order valence-corrected chi connectivity index (χ3v) is 6.58. The monoisotopic (exact) mass is 512 g/mol. The number of rotatable bonds is 7. The maximum absolute atomic E-state index is 14.1. The van der Waals surface area contributed by atoms with Crippen molar-refractivity contribution in [3.63, 3.8) is 0 Å². The molecule has 2 heterocycles. The fourth-order valence-electron chi connectivity index (χ4n) is 5.02. The van der Waals surface area contributed by atoms with Gasteiger partial charge in [0.05, 0.1) is 22.9 Å². The standard InChI is InChI=1S/C29H31F3N2O3/c1-15(2)11-23(28(33-19(6)35)22-9-7-16(3)12-24(22)29(30,31)32)20-8-10-25-21(13-20)14-26(36-25)27-17(4)34-37-18(27)5/h7-10,12-15,23,28H,11H2,1-6H3,(H,33,35). The second-order valence-electron chi connectivity index (χ2n) is 10.1. The van der Waals surface area contributed by atoms with Gasteiger partial charge in [-0.05, 0) is 68.5 Å². The minimum Gasteiger partial charge on any atom is -0.456 e. The summed E-state index contributed by atoms with van der Waals surface area (Å²) >= 11 is 0. The van der Waals surface area contributed by atoms with Crippen molar-refractivity contribution >= 4 is 16.9 Å². The van der Waals surface area contributed by atoms with E-state index in [-0.39, 0.29) is 11.5 Å². The summed E-state index contributed by atoms with van der Waals surface area (Å²) in [6, 6.07) is 10.9. The van der Waals surface area contributed by atoms with Crippen LogP contribution in [0.4, 0.5) is 13.2 Å². The van der Waals surface area contributed by atoms with Crippen molar-refractivity contribution in [1.82, 2.24) is 10.5 Å². The van der Waals surface area contributed by atoms with Crippen LogP contribution in [0.1, 0.15) is 72.9 Å². The Morgan fingerprint density at radius 1 is 1.05 bits per heavy atom. The number of hydrogen-bond donors (Lipinski definition) is 1. The van der Waals surface area contributed by atoms with E-state index in [1.165, 1.54) is 13.0 Å².